The predicted molar refractivity (Wildman–Crippen MR) is 88.7 cm³/mol. The van der Waals surface area contributed by atoms with Crippen LogP contribution in [0.1, 0.15) is 25.5 Å². The normalized spacial score (nSPS) is 31.2. The number of ether oxygens (including phenoxy) is 2. The van der Waals surface area contributed by atoms with E-state index in [1.165, 1.54) is 12.0 Å². The van der Waals surface area contributed by atoms with E-state index in [1.54, 1.807) is 27.0 Å². The average Bonchev–Trinajstić information content (AvgIpc) is 3.08. The molecule has 1 aromatic rings. The third-order valence-electron chi connectivity index (χ3n) is 5.28. The molecule has 3 rings (SSSR count). The van der Waals surface area contributed by atoms with Gasteiger partial charge in [0.25, 0.3) is 0 Å². The standard InChI is InChI=1S/C18H22N2O5/c1-5-20-15(21)12-13(16(20)22)18(2,17(23)25-4)19-14(12)10-8-6-7-9-11(10)24-3/h6-9,12-14,19H,5H2,1-4H3/t12-,13+,14+,18-/m1/s1. The first kappa shape index (κ1) is 17.4. The van der Waals surface area contributed by atoms with Gasteiger partial charge in [0.15, 0.2) is 0 Å². The quantitative estimate of drug-likeness (QED) is 0.644. The molecule has 134 valence electrons. The van der Waals surface area contributed by atoms with Gasteiger partial charge < -0.3 is 9.47 Å². The monoisotopic (exact) mass is 346 g/mol. The molecule has 0 saturated carbocycles. The molecule has 0 aliphatic carbocycles. The Labute approximate surface area is 146 Å². The highest BCUT2D eigenvalue weighted by Gasteiger charge is 2.66. The summed E-state index contributed by atoms with van der Waals surface area (Å²) in [5.74, 6) is -2.04. The Morgan fingerprint density at radius 1 is 1.24 bits per heavy atom. The van der Waals surface area contributed by atoms with E-state index < -0.39 is 29.4 Å². The Hall–Kier alpha value is -2.41. The van der Waals surface area contributed by atoms with Crippen molar-refractivity contribution in [3.05, 3.63) is 29.8 Å². The molecule has 1 N–H and O–H groups in total. The zero-order valence-electron chi connectivity index (χ0n) is 14.7. The minimum Gasteiger partial charge on any atom is -0.496 e. The Bertz CT molecular complexity index is 734. The number of fused-ring (bicyclic) bond motifs is 1. The minimum absolute atomic E-state index is 0.270. The van der Waals surface area contributed by atoms with E-state index in [4.69, 9.17) is 9.47 Å². The second-order valence-corrected chi connectivity index (χ2v) is 6.48. The van der Waals surface area contributed by atoms with Gasteiger partial charge in [0.05, 0.1) is 26.1 Å². The van der Waals surface area contributed by atoms with Crippen LogP contribution >= 0.6 is 0 Å². The molecular weight excluding hydrogens is 324 g/mol. The molecule has 0 bridgehead atoms. The maximum atomic E-state index is 12.9. The van der Waals surface area contributed by atoms with Crippen LogP contribution in [0.25, 0.3) is 0 Å². The van der Waals surface area contributed by atoms with E-state index >= 15 is 0 Å². The second-order valence-electron chi connectivity index (χ2n) is 6.48. The molecule has 1 aromatic carbocycles. The highest BCUT2D eigenvalue weighted by atomic mass is 16.5. The van der Waals surface area contributed by atoms with Gasteiger partial charge in [-0.25, -0.2) is 0 Å². The van der Waals surface area contributed by atoms with Crippen LogP contribution < -0.4 is 10.1 Å². The van der Waals surface area contributed by atoms with Crippen molar-refractivity contribution in [1.29, 1.82) is 0 Å². The number of esters is 1. The van der Waals surface area contributed by atoms with Crippen LogP contribution in [0, 0.1) is 11.8 Å². The fourth-order valence-corrected chi connectivity index (χ4v) is 4.10. The van der Waals surface area contributed by atoms with E-state index in [9.17, 15) is 14.4 Å². The molecule has 7 nitrogen and oxygen atoms in total. The number of nitrogens with zero attached hydrogens (tertiary/aromatic N) is 1. The molecule has 2 aliphatic heterocycles. The molecule has 0 unspecified atom stereocenters. The highest BCUT2D eigenvalue weighted by Crippen LogP contribution is 2.50. The molecule has 0 spiro atoms. The van der Waals surface area contributed by atoms with Crippen LogP contribution in [0.4, 0.5) is 0 Å². The SMILES string of the molecule is CCN1C(=O)[C@@H]2[C@@H](C1=O)[C@](C)(C(=O)OC)N[C@H]2c1ccccc1OC. The minimum atomic E-state index is -1.28. The number of carbonyl (C=O) groups is 3. The predicted octanol–water partition coefficient (Wildman–Crippen LogP) is 0.892. The number of benzene rings is 1. The number of imide groups is 1. The lowest BCUT2D eigenvalue weighted by Gasteiger charge is -2.28. The van der Waals surface area contributed by atoms with E-state index in [1.807, 2.05) is 18.2 Å². The zero-order chi connectivity index (χ0) is 18.4. The summed E-state index contributed by atoms with van der Waals surface area (Å²) < 4.78 is 10.3. The summed E-state index contributed by atoms with van der Waals surface area (Å²) in [6.45, 7) is 3.65. The van der Waals surface area contributed by atoms with Gasteiger partial charge in [-0.15, -0.1) is 0 Å². The molecule has 2 heterocycles. The van der Waals surface area contributed by atoms with Gasteiger partial charge in [0.1, 0.15) is 11.3 Å². The largest absolute Gasteiger partial charge is 0.496 e. The van der Waals surface area contributed by atoms with Crippen molar-refractivity contribution in [2.45, 2.75) is 25.4 Å². The number of nitrogens with one attached hydrogen (secondary N) is 1. The van der Waals surface area contributed by atoms with Crippen molar-refractivity contribution in [3.63, 3.8) is 0 Å². The molecule has 25 heavy (non-hydrogen) atoms. The Morgan fingerprint density at radius 2 is 1.92 bits per heavy atom. The number of likely N-dealkylation sites (tertiary alicyclic amines) is 1. The van der Waals surface area contributed by atoms with E-state index in [-0.39, 0.29) is 18.4 Å². The number of hydrogen-bond acceptors (Lipinski definition) is 6. The molecule has 7 heteroatoms. The summed E-state index contributed by atoms with van der Waals surface area (Å²) >= 11 is 0. The lowest BCUT2D eigenvalue weighted by Crippen LogP contribution is -2.53. The van der Waals surface area contributed by atoms with Crippen molar-refractivity contribution in [3.8, 4) is 5.75 Å². The number of carbonyl (C=O) groups excluding carboxylic acids is 3. The summed E-state index contributed by atoms with van der Waals surface area (Å²) in [5.41, 5.74) is -0.534. The van der Waals surface area contributed by atoms with Crippen LogP contribution in [-0.2, 0) is 19.1 Å². The third-order valence-corrected chi connectivity index (χ3v) is 5.28. The van der Waals surface area contributed by atoms with Gasteiger partial charge >= 0.3 is 5.97 Å². The maximum Gasteiger partial charge on any atom is 0.326 e. The summed E-state index contributed by atoms with van der Waals surface area (Å²) in [4.78, 5) is 39.4. The number of rotatable bonds is 4. The third kappa shape index (κ3) is 2.33. The highest BCUT2D eigenvalue weighted by molar-refractivity contribution is 6.09. The fraction of sp³-hybridized carbons (Fsp3) is 0.500. The van der Waals surface area contributed by atoms with E-state index in [0.717, 1.165) is 5.56 Å². The van der Waals surface area contributed by atoms with Crippen LogP contribution in [0.5, 0.6) is 5.75 Å². The van der Waals surface area contributed by atoms with Gasteiger partial charge in [0, 0.05) is 18.2 Å². The van der Waals surface area contributed by atoms with Gasteiger partial charge in [-0.2, -0.15) is 0 Å². The van der Waals surface area contributed by atoms with E-state index in [2.05, 4.69) is 5.32 Å². The number of amides is 2. The van der Waals surface area contributed by atoms with Crippen molar-refractivity contribution in [2.75, 3.05) is 20.8 Å². The fourth-order valence-electron chi connectivity index (χ4n) is 4.10. The Morgan fingerprint density at radius 3 is 2.52 bits per heavy atom. The Balaban J connectivity index is 2.14. The smallest absolute Gasteiger partial charge is 0.326 e. The first-order valence-corrected chi connectivity index (χ1v) is 8.25. The molecule has 2 amide bonds. The molecule has 0 radical (unpaired) electrons. The lowest BCUT2D eigenvalue weighted by molar-refractivity contribution is -0.153. The van der Waals surface area contributed by atoms with Gasteiger partial charge in [0.2, 0.25) is 11.8 Å². The van der Waals surface area contributed by atoms with Crippen LogP contribution in [0.2, 0.25) is 0 Å². The molecule has 4 atom stereocenters. The van der Waals surface area contributed by atoms with E-state index in [0.29, 0.717) is 5.75 Å². The summed E-state index contributed by atoms with van der Waals surface area (Å²) in [7, 11) is 2.82. The summed E-state index contributed by atoms with van der Waals surface area (Å²) in [5, 5.41) is 3.19. The van der Waals surface area contributed by atoms with Gasteiger partial charge in [-0.1, -0.05) is 18.2 Å². The van der Waals surface area contributed by atoms with Gasteiger partial charge in [-0.05, 0) is 19.9 Å². The van der Waals surface area contributed by atoms with Crippen molar-refractivity contribution >= 4 is 17.8 Å². The molecular formula is C18H22N2O5. The summed E-state index contributed by atoms with van der Waals surface area (Å²) in [6.07, 6.45) is 0. The molecule has 2 fully saturated rings. The Kier molecular flexibility index (Phi) is 4.28. The topological polar surface area (TPSA) is 84.9 Å². The van der Waals surface area contributed by atoms with Crippen LogP contribution in [0.3, 0.4) is 0 Å². The maximum absolute atomic E-state index is 12.9. The summed E-state index contributed by atoms with van der Waals surface area (Å²) in [6, 6.07) is 6.77. The van der Waals surface area contributed by atoms with Crippen molar-refractivity contribution in [1.82, 2.24) is 10.2 Å². The number of hydrogen-bond donors (Lipinski definition) is 1. The number of methoxy groups -OCH3 is 2. The molecule has 0 aromatic heterocycles. The van der Waals surface area contributed by atoms with Gasteiger partial charge in [-0.3, -0.25) is 24.6 Å². The second kappa shape index (κ2) is 6.15. The average molecular weight is 346 g/mol. The van der Waals surface area contributed by atoms with Crippen LogP contribution in [0.15, 0.2) is 24.3 Å². The number of para-hydroxylation sites is 1. The lowest BCUT2D eigenvalue weighted by atomic mass is 9.80. The first-order chi connectivity index (χ1) is 11.9. The van der Waals surface area contributed by atoms with Crippen molar-refractivity contribution < 1.29 is 23.9 Å². The first-order valence-electron chi connectivity index (χ1n) is 8.25. The zero-order valence-corrected chi connectivity index (χ0v) is 14.7. The van der Waals surface area contributed by atoms with Crippen LogP contribution in [-0.4, -0.2) is 49.0 Å². The molecule has 2 saturated heterocycles. The van der Waals surface area contributed by atoms with Crippen molar-refractivity contribution in [2.24, 2.45) is 11.8 Å². The molecule has 2 aliphatic rings.